The molecule has 0 atom stereocenters. The van der Waals surface area contributed by atoms with Gasteiger partial charge in [-0.1, -0.05) is 24.3 Å². The van der Waals surface area contributed by atoms with Gasteiger partial charge in [0.2, 0.25) is 0 Å². The van der Waals surface area contributed by atoms with Crippen molar-refractivity contribution in [2.45, 2.75) is 6.92 Å². The Kier molecular flexibility index (Phi) is 5.80. The number of anilines is 1. The molecule has 1 aliphatic heterocycles. The zero-order valence-electron chi connectivity index (χ0n) is 17.2. The molecule has 31 heavy (non-hydrogen) atoms. The Hall–Kier alpha value is -3.93. The SMILES string of the molecule is CCOc1ccc(C=C2N=C(c3ccccc3OC)N(c3ccc(F)cc3)C2=O)cc1. The van der Waals surface area contributed by atoms with Gasteiger partial charge in [0.15, 0.2) is 5.84 Å². The van der Waals surface area contributed by atoms with E-state index in [1.165, 1.54) is 17.0 Å². The van der Waals surface area contributed by atoms with Gasteiger partial charge in [-0.3, -0.25) is 9.69 Å². The molecule has 3 aromatic rings. The van der Waals surface area contributed by atoms with Crippen LogP contribution in [0.15, 0.2) is 83.5 Å². The van der Waals surface area contributed by atoms with Crippen molar-refractivity contribution in [3.05, 3.63) is 95.4 Å². The summed E-state index contributed by atoms with van der Waals surface area (Å²) in [7, 11) is 1.56. The van der Waals surface area contributed by atoms with Crippen LogP contribution in [0.4, 0.5) is 10.1 Å². The molecule has 0 fully saturated rings. The van der Waals surface area contributed by atoms with Crippen molar-refractivity contribution in [1.82, 2.24) is 0 Å². The van der Waals surface area contributed by atoms with Gasteiger partial charge in [-0.05, 0) is 67.1 Å². The van der Waals surface area contributed by atoms with Crippen LogP contribution in [0.3, 0.4) is 0 Å². The lowest BCUT2D eigenvalue weighted by Gasteiger charge is -2.19. The van der Waals surface area contributed by atoms with Crippen LogP contribution in [0.5, 0.6) is 11.5 Å². The standard InChI is InChI=1S/C25H21FN2O3/c1-3-31-20-14-8-17(9-15-20)16-22-25(29)28(19-12-10-18(26)11-13-19)24(27-22)21-6-4-5-7-23(21)30-2/h4-16H,3H2,1-2H3. The monoisotopic (exact) mass is 416 g/mol. The summed E-state index contributed by atoms with van der Waals surface area (Å²) in [5.41, 5.74) is 2.27. The second kappa shape index (κ2) is 8.83. The summed E-state index contributed by atoms with van der Waals surface area (Å²) < 4.78 is 24.4. The third kappa shape index (κ3) is 4.19. The van der Waals surface area contributed by atoms with Crippen molar-refractivity contribution >= 4 is 23.5 Å². The summed E-state index contributed by atoms with van der Waals surface area (Å²) >= 11 is 0. The predicted molar refractivity (Wildman–Crippen MR) is 119 cm³/mol. The fraction of sp³-hybridized carbons (Fsp3) is 0.120. The number of amidine groups is 1. The minimum absolute atomic E-state index is 0.273. The molecular weight excluding hydrogens is 395 g/mol. The lowest BCUT2D eigenvalue weighted by molar-refractivity contribution is -0.113. The fourth-order valence-corrected chi connectivity index (χ4v) is 3.34. The molecular formula is C25H21FN2O3. The smallest absolute Gasteiger partial charge is 0.282 e. The van der Waals surface area contributed by atoms with Crippen molar-refractivity contribution in [3.63, 3.8) is 0 Å². The highest BCUT2D eigenvalue weighted by molar-refractivity contribution is 6.33. The first kappa shape index (κ1) is 20.3. The van der Waals surface area contributed by atoms with Crippen LogP contribution < -0.4 is 14.4 Å². The van der Waals surface area contributed by atoms with Gasteiger partial charge in [0.1, 0.15) is 23.0 Å². The number of carbonyl (C=O) groups is 1. The normalized spacial score (nSPS) is 14.7. The van der Waals surface area contributed by atoms with Gasteiger partial charge in [-0.2, -0.15) is 0 Å². The van der Waals surface area contributed by atoms with Gasteiger partial charge in [-0.25, -0.2) is 9.38 Å². The number of para-hydroxylation sites is 1. The number of methoxy groups -OCH3 is 1. The number of benzene rings is 3. The molecule has 0 spiro atoms. The van der Waals surface area contributed by atoms with Crippen LogP contribution in [0, 0.1) is 5.82 Å². The number of nitrogens with zero attached hydrogens (tertiary/aromatic N) is 2. The maximum Gasteiger partial charge on any atom is 0.282 e. The molecule has 5 nitrogen and oxygen atoms in total. The maximum atomic E-state index is 13.5. The van der Waals surface area contributed by atoms with Gasteiger partial charge >= 0.3 is 0 Å². The van der Waals surface area contributed by atoms with Gasteiger partial charge in [0.05, 0.1) is 25.0 Å². The third-order valence-electron chi connectivity index (χ3n) is 4.79. The van der Waals surface area contributed by atoms with E-state index in [0.717, 1.165) is 11.3 Å². The number of hydrogen-bond donors (Lipinski definition) is 0. The Bertz CT molecular complexity index is 1150. The van der Waals surface area contributed by atoms with Crippen LogP contribution in [0.1, 0.15) is 18.1 Å². The number of aliphatic imine (C=N–C) groups is 1. The largest absolute Gasteiger partial charge is 0.496 e. The predicted octanol–water partition coefficient (Wildman–Crippen LogP) is 5.07. The van der Waals surface area contributed by atoms with E-state index >= 15 is 0 Å². The summed E-state index contributed by atoms with van der Waals surface area (Å²) in [6.45, 7) is 2.50. The van der Waals surface area contributed by atoms with E-state index in [1.54, 1.807) is 31.4 Å². The zero-order chi connectivity index (χ0) is 21.8. The molecule has 4 rings (SSSR count). The van der Waals surface area contributed by atoms with Crippen molar-refractivity contribution < 1.29 is 18.7 Å². The summed E-state index contributed by atoms with van der Waals surface area (Å²) in [5, 5.41) is 0. The first-order valence-corrected chi connectivity index (χ1v) is 9.87. The molecule has 1 amide bonds. The zero-order valence-corrected chi connectivity index (χ0v) is 17.2. The Morgan fingerprint density at radius 1 is 1.00 bits per heavy atom. The molecule has 156 valence electrons. The molecule has 0 N–H and O–H groups in total. The van der Waals surface area contributed by atoms with E-state index in [4.69, 9.17) is 9.47 Å². The van der Waals surface area contributed by atoms with E-state index in [2.05, 4.69) is 4.99 Å². The Morgan fingerprint density at radius 3 is 2.39 bits per heavy atom. The summed E-state index contributed by atoms with van der Waals surface area (Å²) in [4.78, 5) is 19.4. The van der Waals surface area contributed by atoms with Crippen LogP contribution >= 0.6 is 0 Å². The molecule has 1 heterocycles. The Morgan fingerprint density at radius 2 is 1.71 bits per heavy atom. The van der Waals surface area contributed by atoms with Crippen LogP contribution in [-0.4, -0.2) is 25.5 Å². The minimum Gasteiger partial charge on any atom is -0.496 e. The van der Waals surface area contributed by atoms with E-state index in [0.29, 0.717) is 29.4 Å². The lowest BCUT2D eigenvalue weighted by Crippen LogP contribution is -2.32. The Balaban J connectivity index is 1.79. The summed E-state index contributed by atoms with van der Waals surface area (Å²) in [6, 6.07) is 20.5. The molecule has 6 heteroatoms. The molecule has 0 radical (unpaired) electrons. The van der Waals surface area contributed by atoms with E-state index in [9.17, 15) is 9.18 Å². The van der Waals surface area contributed by atoms with Crippen LogP contribution in [0.2, 0.25) is 0 Å². The molecule has 3 aromatic carbocycles. The lowest BCUT2D eigenvalue weighted by atomic mass is 10.1. The summed E-state index contributed by atoms with van der Waals surface area (Å²) in [6.07, 6.45) is 1.72. The highest BCUT2D eigenvalue weighted by atomic mass is 19.1. The highest BCUT2D eigenvalue weighted by Gasteiger charge is 2.33. The molecule has 0 aromatic heterocycles. The molecule has 0 unspecified atom stereocenters. The average Bonchev–Trinajstić information content (AvgIpc) is 3.11. The maximum absolute atomic E-state index is 13.5. The van der Waals surface area contributed by atoms with E-state index in [1.807, 2.05) is 49.4 Å². The number of halogens is 1. The highest BCUT2D eigenvalue weighted by Crippen LogP contribution is 2.31. The number of ether oxygens (including phenoxy) is 2. The minimum atomic E-state index is -0.378. The first-order chi connectivity index (χ1) is 15.1. The van der Waals surface area contributed by atoms with E-state index in [-0.39, 0.29) is 17.4 Å². The average molecular weight is 416 g/mol. The van der Waals surface area contributed by atoms with Gasteiger partial charge in [0.25, 0.3) is 5.91 Å². The molecule has 0 saturated carbocycles. The first-order valence-electron chi connectivity index (χ1n) is 9.87. The molecule has 0 bridgehead atoms. The van der Waals surface area contributed by atoms with Crippen LogP contribution in [0.25, 0.3) is 6.08 Å². The van der Waals surface area contributed by atoms with E-state index < -0.39 is 0 Å². The van der Waals surface area contributed by atoms with Crippen molar-refractivity contribution in [1.29, 1.82) is 0 Å². The fourth-order valence-electron chi connectivity index (χ4n) is 3.34. The van der Waals surface area contributed by atoms with Gasteiger partial charge in [0, 0.05) is 0 Å². The topological polar surface area (TPSA) is 51.1 Å². The quantitative estimate of drug-likeness (QED) is 0.528. The molecule has 1 aliphatic rings. The molecule has 0 saturated heterocycles. The number of carbonyl (C=O) groups excluding carboxylic acids is 1. The summed E-state index contributed by atoms with van der Waals surface area (Å²) in [5.74, 6) is 1.08. The second-order valence-corrected chi connectivity index (χ2v) is 6.78. The van der Waals surface area contributed by atoms with Gasteiger partial charge in [-0.15, -0.1) is 0 Å². The number of amides is 1. The molecule has 0 aliphatic carbocycles. The van der Waals surface area contributed by atoms with Gasteiger partial charge < -0.3 is 9.47 Å². The van der Waals surface area contributed by atoms with Crippen molar-refractivity contribution in [3.8, 4) is 11.5 Å². The van der Waals surface area contributed by atoms with Crippen LogP contribution in [-0.2, 0) is 4.79 Å². The number of rotatable bonds is 6. The second-order valence-electron chi connectivity index (χ2n) is 6.78. The Labute approximate surface area is 180 Å². The third-order valence-corrected chi connectivity index (χ3v) is 4.79. The van der Waals surface area contributed by atoms with Crippen molar-refractivity contribution in [2.24, 2.45) is 4.99 Å². The number of hydrogen-bond acceptors (Lipinski definition) is 4. The van der Waals surface area contributed by atoms with Crippen molar-refractivity contribution in [2.75, 3.05) is 18.6 Å².